The van der Waals surface area contributed by atoms with Gasteiger partial charge >= 0.3 is 11.7 Å². The van der Waals surface area contributed by atoms with Crippen molar-refractivity contribution in [3.05, 3.63) is 52.2 Å². The summed E-state index contributed by atoms with van der Waals surface area (Å²) in [5, 5.41) is 7.42. The molecular formula is C21H30N6O2. The van der Waals surface area contributed by atoms with Crippen molar-refractivity contribution in [1.29, 1.82) is 0 Å². The lowest BCUT2D eigenvalue weighted by molar-refractivity contribution is 0.135. The van der Waals surface area contributed by atoms with Crippen molar-refractivity contribution in [3.63, 3.8) is 0 Å². The molecule has 2 aromatic rings. The number of benzene rings is 1. The van der Waals surface area contributed by atoms with Crippen LogP contribution in [-0.2, 0) is 26.1 Å². The molecule has 0 spiro atoms. The largest absolute Gasteiger partial charge is 0.345 e. The van der Waals surface area contributed by atoms with E-state index < -0.39 is 0 Å². The van der Waals surface area contributed by atoms with E-state index in [1.54, 1.807) is 9.25 Å². The van der Waals surface area contributed by atoms with E-state index >= 15 is 0 Å². The molecule has 29 heavy (non-hydrogen) atoms. The number of aromatic nitrogens is 3. The van der Waals surface area contributed by atoms with Crippen molar-refractivity contribution in [2.45, 2.75) is 45.3 Å². The molecule has 0 saturated carbocycles. The van der Waals surface area contributed by atoms with Gasteiger partial charge in [-0.05, 0) is 24.8 Å². The number of hydrogen-bond acceptors (Lipinski definition) is 4. The number of aryl methyl sites for hydroxylation is 2. The van der Waals surface area contributed by atoms with Crippen LogP contribution >= 0.6 is 0 Å². The van der Waals surface area contributed by atoms with E-state index in [1.165, 1.54) is 5.56 Å². The number of fused-ring (bicyclic) bond motifs is 1. The number of nitrogens with one attached hydrogen (secondary N) is 1. The standard InChI is InChI=1S/C21H30N6O2/c28-20(25-15-13-24(14-16-25)17-18-7-2-1-3-8-18)22-10-6-12-27-21(29)26-11-5-4-9-19(26)23-27/h1-3,7-8H,4-6,9-17H2,(H,22,28). The molecule has 2 amide bonds. The summed E-state index contributed by atoms with van der Waals surface area (Å²) in [7, 11) is 0. The predicted molar refractivity (Wildman–Crippen MR) is 111 cm³/mol. The van der Waals surface area contributed by atoms with E-state index in [0.717, 1.165) is 64.4 Å². The van der Waals surface area contributed by atoms with Crippen molar-refractivity contribution >= 4 is 6.03 Å². The molecule has 8 heteroatoms. The van der Waals surface area contributed by atoms with Gasteiger partial charge in [0.25, 0.3) is 0 Å². The Labute approximate surface area is 171 Å². The van der Waals surface area contributed by atoms with Crippen molar-refractivity contribution in [1.82, 2.24) is 29.5 Å². The van der Waals surface area contributed by atoms with Crippen LogP contribution in [0.15, 0.2) is 35.1 Å². The molecule has 2 aliphatic heterocycles. The molecule has 1 aromatic carbocycles. The van der Waals surface area contributed by atoms with E-state index in [-0.39, 0.29) is 11.7 Å². The van der Waals surface area contributed by atoms with Gasteiger partial charge in [-0.15, -0.1) is 0 Å². The number of hydrogen-bond donors (Lipinski definition) is 1. The highest BCUT2D eigenvalue weighted by atomic mass is 16.2. The van der Waals surface area contributed by atoms with Gasteiger partial charge in [0.1, 0.15) is 5.82 Å². The van der Waals surface area contributed by atoms with Crippen LogP contribution in [-0.4, -0.2) is 62.9 Å². The third-order valence-corrected chi connectivity index (χ3v) is 5.76. The lowest BCUT2D eigenvalue weighted by atomic mass is 10.2. The Kier molecular flexibility index (Phi) is 6.29. The number of nitrogens with zero attached hydrogens (tertiary/aromatic N) is 5. The molecule has 1 saturated heterocycles. The molecule has 3 heterocycles. The Morgan fingerprint density at radius 1 is 1.03 bits per heavy atom. The van der Waals surface area contributed by atoms with E-state index in [4.69, 9.17) is 0 Å². The van der Waals surface area contributed by atoms with E-state index in [0.29, 0.717) is 19.5 Å². The number of carbonyl (C=O) groups excluding carboxylic acids is 1. The maximum Gasteiger partial charge on any atom is 0.345 e. The second kappa shape index (κ2) is 9.26. The summed E-state index contributed by atoms with van der Waals surface area (Å²) in [5.74, 6) is 0.902. The molecule has 1 N–H and O–H groups in total. The molecule has 1 aromatic heterocycles. The Hall–Kier alpha value is -2.61. The molecule has 0 bridgehead atoms. The number of urea groups is 1. The van der Waals surface area contributed by atoms with Crippen molar-refractivity contribution in [3.8, 4) is 0 Å². The summed E-state index contributed by atoms with van der Waals surface area (Å²) in [6, 6.07) is 10.4. The van der Waals surface area contributed by atoms with Gasteiger partial charge in [0.15, 0.2) is 0 Å². The summed E-state index contributed by atoms with van der Waals surface area (Å²) in [5.41, 5.74) is 1.29. The Bertz CT molecular complexity index is 867. The quantitative estimate of drug-likeness (QED) is 0.745. The first kappa shape index (κ1) is 19.7. The minimum atomic E-state index is -0.0134. The summed E-state index contributed by atoms with van der Waals surface area (Å²) >= 11 is 0. The normalized spacial score (nSPS) is 17.2. The smallest absolute Gasteiger partial charge is 0.338 e. The molecule has 156 valence electrons. The maximum absolute atomic E-state index is 12.4. The summed E-state index contributed by atoms with van der Waals surface area (Å²) in [6.45, 7) is 6.07. The summed E-state index contributed by atoms with van der Waals surface area (Å²) < 4.78 is 3.34. The van der Waals surface area contributed by atoms with Gasteiger partial charge in [-0.2, -0.15) is 5.10 Å². The molecule has 4 rings (SSSR count). The van der Waals surface area contributed by atoms with Crippen LogP contribution in [0.2, 0.25) is 0 Å². The van der Waals surface area contributed by atoms with Crippen molar-refractivity contribution < 1.29 is 4.79 Å². The lowest BCUT2D eigenvalue weighted by Crippen LogP contribution is -2.51. The third kappa shape index (κ3) is 4.87. The first-order valence-electron chi connectivity index (χ1n) is 10.7. The first-order chi connectivity index (χ1) is 14.2. The van der Waals surface area contributed by atoms with Crippen LogP contribution in [0.3, 0.4) is 0 Å². The van der Waals surface area contributed by atoms with E-state index in [9.17, 15) is 9.59 Å². The molecule has 0 unspecified atom stereocenters. The van der Waals surface area contributed by atoms with Gasteiger partial charge in [-0.3, -0.25) is 9.47 Å². The topological polar surface area (TPSA) is 75.4 Å². The second-order valence-electron chi connectivity index (χ2n) is 7.86. The van der Waals surface area contributed by atoms with Gasteiger partial charge in [0, 0.05) is 58.8 Å². The monoisotopic (exact) mass is 398 g/mol. The van der Waals surface area contributed by atoms with Crippen molar-refractivity contribution in [2.75, 3.05) is 32.7 Å². The number of amides is 2. The Morgan fingerprint density at radius 3 is 2.59 bits per heavy atom. The maximum atomic E-state index is 12.4. The van der Waals surface area contributed by atoms with Crippen LogP contribution < -0.4 is 11.0 Å². The minimum absolute atomic E-state index is 0.0131. The fraction of sp³-hybridized carbons (Fsp3) is 0.571. The zero-order valence-corrected chi connectivity index (χ0v) is 16.9. The zero-order valence-electron chi connectivity index (χ0n) is 16.9. The highest BCUT2D eigenvalue weighted by molar-refractivity contribution is 5.74. The van der Waals surface area contributed by atoms with Crippen LogP contribution in [0.1, 0.15) is 30.7 Å². The van der Waals surface area contributed by atoms with E-state index in [1.807, 2.05) is 11.0 Å². The first-order valence-corrected chi connectivity index (χ1v) is 10.7. The average Bonchev–Trinajstić information content (AvgIpc) is 3.08. The minimum Gasteiger partial charge on any atom is -0.338 e. The molecule has 0 atom stereocenters. The fourth-order valence-electron chi connectivity index (χ4n) is 4.08. The van der Waals surface area contributed by atoms with Gasteiger partial charge in [0.05, 0.1) is 0 Å². The third-order valence-electron chi connectivity index (χ3n) is 5.76. The zero-order chi connectivity index (χ0) is 20.1. The molecule has 0 aliphatic carbocycles. The Morgan fingerprint density at radius 2 is 1.83 bits per heavy atom. The number of piperazine rings is 1. The highest BCUT2D eigenvalue weighted by Gasteiger charge is 2.21. The van der Waals surface area contributed by atoms with Gasteiger partial charge in [-0.25, -0.2) is 14.3 Å². The van der Waals surface area contributed by atoms with E-state index in [2.05, 4.69) is 39.6 Å². The SMILES string of the molecule is O=C(NCCCn1nc2n(c1=O)CCCC2)N1CCN(Cc2ccccc2)CC1. The number of carbonyl (C=O) groups is 1. The fourth-order valence-corrected chi connectivity index (χ4v) is 4.08. The highest BCUT2D eigenvalue weighted by Crippen LogP contribution is 2.10. The van der Waals surface area contributed by atoms with Gasteiger partial charge in [-0.1, -0.05) is 30.3 Å². The molecular weight excluding hydrogens is 368 g/mol. The van der Waals surface area contributed by atoms with Gasteiger partial charge in [0.2, 0.25) is 0 Å². The average molecular weight is 399 g/mol. The number of rotatable bonds is 6. The molecule has 0 radical (unpaired) electrons. The predicted octanol–water partition coefficient (Wildman–Crippen LogP) is 1.30. The van der Waals surface area contributed by atoms with Crippen LogP contribution in [0.4, 0.5) is 4.79 Å². The Balaban J connectivity index is 1.16. The van der Waals surface area contributed by atoms with Crippen molar-refractivity contribution in [2.24, 2.45) is 0 Å². The molecule has 1 fully saturated rings. The summed E-state index contributed by atoms with van der Waals surface area (Å²) in [4.78, 5) is 29.0. The van der Waals surface area contributed by atoms with Gasteiger partial charge < -0.3 is 10.2 Å². The lowest BCUT2D eigenvalue weighted by Gasteiger charge is -2.34. The van der Waals surface area contributed by atoms with Crippen LogP contribution in [0.5, 0.6) is 0 Å². The van der Waals surface area contributed by atoms with Crippen LogP contribution in [0, 0.1) is 0 Å². The van der Waals surface area contributed by atoms with Crippen LogP contribution in [0.25, 0.3) is 0 Å². The second-order valence-corrected chi connectivity index (χ2v) is 7.86. The molecule has 2 aliphatic rings. The summed E-state index contributed by atoms with van der Waals surface area (Å²) in [6.07, 6.45) is 3.74. The molecule has 8 nitrogen and oxygen atoms in total.